The average Bonchev–Trinajstić information content (AvgIpc) is 1.61. The van der Waals surface area contributed by atoms with Crippen molar-refractivity contribution in [3.8, 4) is 0 Å². The monoisotopic (exact) mass is 108 g/mol. The average molecular weight is 108 g/mol. The van der Waals surface area contributed by atoms with Gasteiger partial charge < -0.3 is 0 Å². The predicted octanol–water partition coefficient (Wildman–Crippen LogP) is -0.958. The van der Waals surface area contributed by atoms with Crippen molar-refractivity contribution >= 4 is 0 Å². The summed E-state index contributed by atoms with van der Waals surface area (Å²) in [7, 11) is 0. The molecule has 0 radical (unpaired) electrons. The van der Waals surface area contributed by atoms with E-state index in [0.717, 1.165) is 0 Å². The van der Waals surface area contributed by atoms with E-state index >= 15 is 0 Å². The molecule has 0 aliphatic carbocycles. The standard InChI is InChI=1S/CH4N2O4/c2-6-1-7-3(4)5/h1-2H2. The van der Waals surface area contributed by atoms with E-state index in [2.05, 4.69) is 15.6 Å². The van der Waals surface area contributed by atoms with Gasteiger partial charge in [-0.15, -0.1) is 10.1 Å². The molecule has 0 heterocycles. The molecule has 0 rings (SSSR count). The fourth-order valence-corrected chi connectivity index (χ4v) is 0.0735. The first-order chi connectivity index (χ1) is 3.27. The Balaban J connectivity index is 2.82. The molecule has 0 aromatic rings. The van der Waals surface area contributed by atoms with E-state index < -0.39 is 11.9 Å². The minimum absolute atomic E-state index is 0.521. The number of rotatable bonds is 3. The fourth-order valence-electron chi connectivity index (χ4n) is 0.0735. The lowest BCUT2D eigenvalue weighted by molar-refractivity contribution is -0.767. The maximum absolute atomic E-state index is 9.21. The molecular weight excluding hydrogens is 104 g/mol. The lowest BCUT2D eigenvalue weighted by Crippen LogP contribution is -2.08. The highest BCUT2D eigenvalue weighted by Gasteiger charge is 1.88. The smallest absolute Gasteiger partial charge is 0.284 e. The van der Waals surface area contributed by atoms with Crippen molar-refractivity contribution in [1.82, 2.24) is 0 Å². The second kappa shape index (κ2) is 3.32. The first-order valence-electron chi connectivity index (χ1n) is 1.36. The van der Waals surface area contributed by atoms with Crippen LogP contribution in [-0.2, 0) is 9.68 Å². The maximum Gasteiger partial charge on any atom is 0.296 e. The zero-order chi connectivity index (χ0) is 5.70. The molecule has 0 amide bonds. The molecule has 7 heavy (non-hydrogen) atoms. The summed E-state index contributed by atoms with van der Waals surface area (Å²) in [5, 5.41) is 8.21. The van der Waals surface area contributed by atoms with Gasteiger partial charge in [0.1, 0.15) is 0 Å². The molecule has 6 nitrogen and oxygen atoms in total. The van der Waals surface area contributed by atoms with Crippen LogP contribution >= 0.6 is 0 Å². The number of hydrogen-bond donors (Lipinski definition) is 1. The third-order valence-electron chi connectivity index (χ3n) is 0.226. The van der Waals surface area contributed by atoms with E-state index in [1.807, 2.05) is 0 Å². The van der Waals surface area contributed by atoms with Gasteiger partial charge in [0.15, 0.2) is 0 Å². The molecule has 42 valence electrons. The topological polar surface area (TPSA) is 87.6 Å². The van der Waals surface area contributed by atoms with Crippen LogP contribution in [0.3, 0.4) is 0 Å². The number of hydrogen-bond acceptors (Lipinski definition) is 5. The Labute approximate surface area is 38.9 Å². The Morgan fingerprint density at radius 1 is 1.86 bits per heavy atom. The Morgan fingerprint density at radius 2 is 2.43 bits per heavy atom. The summed E-state index contributed by atoms with van der Waals surface area (Å²) in [6.45, 7) is -0.521. The normalized spacial score (nSPS) is 8.14. The molecule has 2 N–H and O–H groups in total. The second-order valence-electron chi connectivity index (χ2n) is 0.637. The second-order valence-corrected chi connectivity index (χ2v) is 0.637. The van der Waals surface area contributed by atoms with Gasteiger partial charge in [0.05, 0.1) is 0 Å². The van der Waals surface area contributed by atoms with Gasteiger partial charge in [-0.2, -0.15) is 0 Å². The van der Waals surface area contributed by atoms with E-state index in [4.69, 9.17) is 0 Å². The minimum Gasteiger partial charge on any atom is -0.284 e. The van der Waals surface area contributed by atoms with Gasteiger partial charge in [-0.1, -0.05) is 0 Å². The van der Waals surface area contributed by atoms with Crippen LogP contribution in [0, 0.1) is 10.1 Å². The van der Waals surface area contributed by atoms with Crippen LogP contribution in [0.1, 0.15) is 0 Å². The minimum atomic E-state index is -0.993. The summed E-state index contributed by atoms with van der Waals surface area (Å²) in [5.41, 5.74) is 0. The van der Waals surface area contributed by atoms with Crippen molar-refractivity contribution < 1.29 is 14.8 Å². The highest BCUT2D eigenvalue weighted by Crippen LogP contribution is 1.69. The van der Waals surface area contributed by atoms with Crippen LogP contribution in [0.5, 0.6) is 0 Å². The lowest BCUT2D eigenvalue weighted by Gasteiger charge is -1.90. The summed E-state index contributed by atoms with van der Waals surface area (Å²) in [5.74, 6) is 4.35. The first-order valence-corrected chi connectivity index (χ1v) is 1.36. The van der Waals surface area contributed by atoms with Crippen molar-refractivity contribution in [2.24, 2.45) is 5.90 Å². The molecule has 0 spiro atoms. The van der Waals surface area contributed by atoms with Gasteiger partial charge in [0.2, 0.25) is 6.79 Å². The quantitative estimate of drug-likeness (QED) is 0.286. The number of nitrogens with two attached hydrogens (primary N) is 1. The maximum atomic E-state index is 9.21. The molecular formula is CH4N2O4. The molecule has 0 aliphatic heterocycles. The van der Waals surface area contributed by atoms with E-state index in [1.54, 1.807) is 0 Å². The zero-order valence-corrected chi connectivity index (χ0v) is 3.36. The highest BCUT2D eigenvalue weighted by molar-refractivity contribution is 3.89. The summed E-state index contributed by atoms with van der Waals surface area (Å²) in [6.07, 6.45) is 0. The van der Waals surface area contributed by atoms with Crippen LogP contribution in [0.15, 0.2) is 0 Å². The van der Waals surface area contributed by atoms with E-state index in [9.17, 15) is 10.1 Å². The fraction of sp³-hybridized carbons (Fsp3) is 1.00. The Bertz CT molecular complexity index is 62.7. The van der Waals surface area contributed by atoms with Crippen LogP contribution in [0.25, 0.3) is 0 Å². The Morgan fingerprint density at radius 3 is 2.57 bits per heavy atom. The van der Waals surface area contributed by atoms with Gasteiger partial charge in [-0.25, -0.2) is 5.90 Å². The Hall–Kier alpha value is -0.880. The van der Waals surface area contributed by atoms with Crippen LogP contribution in [0.4, 0.5) is 0 Å². The van der Waals surface area contributed by atoms with Gasteiger partial charge in [-0.05, 0) is 0 Å². The molecule has 0 aliphatic rings. The molecule has 0 aromatic heterocycles. The summed E-state index contributed by atoms with van der Waals surface area (Å²) in [4.78, 5) is 16.5. The molecule has 0 fully saturated rings. The molecule has 0 aromatic carbocycles. The SMILES string of the molecule is NOCO[N+](=O)[O-]. The van der Waals surface area contributed by atoms with Crippen molar-refractivity contribution in [2.75, 3.05) is 6.79 Å². The largest absolute Gasteiger partial charge is 0.296 e. The van der Waals surface area contributed by atoms with E-state index in [0.29, 0.717) is 0 Å². The van der Waals surface area contributed by atoms with Crippen molar-refractivity contribution in [3.05, 3.63) is 10.1 Å². The van der Waals surface area contributed by atoms with Crippen LogP contribution in [-0.4, -0.2) is 11.9 Å². The van der Waals surface area contributed by atoms with Crippen molar-refractivity contribution in [2.45, 2.75) is 0 Å². The zero-order valence-electron chi connectivity index (χ0n) is 3.36. The highest BCUT2D eigenvalue weighted by atomic mass is 17.0. The van der Waals surface area contributed by atoms with Gasteiger partial charge in [-0.3, -0.25) is 9.68 Å². The first kappa shape index (κ1) is 6.12. The third-order valence-corrected chi connectivity index (χ3v) is 0.226. The number of nitrogens with zero attached hydrogens (tertiary/aromatic N) is 1. The lowest BCUT2D eigenvalue weighted by atomic mass is 11.5. The Kier molecular flexibility index (Phi) is 2.90. The molecule has 0 saturated heterocycles. The van der Waals surface area contributed by atoms with Crippen LogP contribution < -0.4 is 5.90 Å². The molecule has 0 bridgehead atoms. The van der Waals surface area contributed by atoms with Gasteiger partial charge in [0, 0.05) is 0 Å². The third kappa shape index (κ3) is 5.12. The van der Waals surface area contributed by atoms with Crippen molar-refractivity contribution in [3.63, 3.8) is 0 Å². The van der Waals surface area contributed by atoms with Gasteiger partial charge >= 0.3 is 0 Å². The summed E-state index contributed by atoms with van der Waals surface area (Å²) >= 11 is 0. The van der Waals surface area contributed by atoms with Gasteiger partial charge in [0.25, 0.3) is 5.09 Å². The molecule has 0 saturated carbocycles. The molecule has 0 unspecified atom stereocenters. The molecule has 6 heteroatoms. The summed E-state index contributed by atoms with van der Waals surface area (Å²) in [6, 6.07) is 0. The molecule has 0 atom stereocenters. The van der Waals surface area contributed by atoms with Crippen LogP contribution in [0.2, 0.25) is 0 Å². The summed E-state index contributed by atoms with van der Waals surface area (Å²) < 4.78 is 0. The van der Waals surface area contributed by atoms with E-state index in [1.165, 1.54) is 0 Å². The van der Waals surface area contributed by atoms with E-state index in [-0.39, 0.29) is 0 Å². The predicted molar refractivity (Wildman–Crippen MR) is 18.2 cm³/mol. The van der Waals surface area contributed by atoms with Crippen molar-refractivity contribution in [1.29, 1.82) is 0 Å².